The summed E-state index contributed by atoms with van der Waals surface area (Å²) in [6.07, 6.45) is 3.98. The third kappa shape index (κ3) is 4.69. The molecule has 1 aliphatic rings. The summed E-state index contributed by atoms with van der Waals surface area (Å²) in [5.41, 5.74) is 13.9. The molecule has 0 unspecified atom stereocenters. The number of carbonyl (C=O) groups excluding carboxylic acids is 3. The molecule has 2 heterocycles. The predicted molar refractivity (Wildman–Crippen MR) is 135 cm³/mol. The van der Waals surface area contributed by atoms with Crippen LogP contribution in [0.15, 0.2) is 35.7 Å². The van der Waals surface area contributed by atoms with Crippen LogP contribution in [-0.4, -0.2) is 28.1 Å². The number of nitrogen functional groups attached to an aromatic ring is 1. The van der Waals surface area contributed by atoms with Gasteiger partial charge in [-0.2, -0.15) is 4.37 Å². The third-order valence-corrected chi connectivity index (χ3v) is 7.94. The number of hydrogen-bond acceptors (Lipinski definition) is 7. The minimum atomic E-state index is -0.909. The molecule has 3 amide bonds. The third-order valence-electron chi connectivity index (χ3n) is 6.16. The van der Waals surface area contributed by atoms with E-state index in [9.17, 15) is 14.4 Å². The van der Waals surface area contributed by atoms with Gasteiger partial charge in [0.2, 0.25) is 5.91 Å². The van der Waals surface area contributed by atoms with Crippen molar-refractivity contribution in [2.75, 3.05) is 10.6 Å². The van der Waals surface area contributed by atoms with E-state index in [2.05, 4.69) is 9.69 Å². The molecule has 8 nitrogen and oxygen atoms in total. The van der Waals surface area contributed by atoms with Crippen molar-refractivity contribution in [1.82, 2.24) is 9.69 Å². The molecule has 34 heavy (non-hydrogen) atoms. The topological polar surface area (TPSA) is 131 Å². The zero-order valence-corrected chi connectivity index (χ0v) is 20.7. The summed E-state index contributed by atoms with van der Waals surface area (Å²) in [4.78, 5) is 41.6. The molecule has 10 heteroatoms. The quantitative estimate of drug-likeness (QED) is 0.455. The van der Waals surface area contributed by atoms with Crippen molar-refractivity contribution in [3.8, 4) is 0 Å². The Morgan fingerprint density at radius 1 is 1.15 bits per heavy atom. The highest BCUT2D eigenvalue weighted by Crippen LogP contribution is 2.35. The number of hydrogen-bond donors (Lipinski definition) is 3. The van der Waals surface area contributed by atoms with Crippen LogP contribution >= 0.6 is 22.9 Å². The van der Waals surface area contributed by atoms with Gasteiger partial charge in [-0.1, -0.05) is 25.0 Å². The second-order valence-electron chi connectivity index (χ2n) is 8.49. The fourth-order valence-electron chi connectivity index (χ4n) is 4.17. The summed E-state index contributed by atoms with van der Waals surface area (Å²) in [5.74, 6) is -1.57. The van der Waals surface area contributed by atoms with Gasteiger partial charge in [0.25, 0.3) is 11.8 Å². The summed E-state index contributed by atoms with van der Waals surface area (Å²) < 4.78 is 3.99. The maximum Gasteiger partial charge on any atom is 0.273 e. The van der Waals surface area contributed by atoms with E-state index in [0.29, 0.717) is 5.69 Å². The number of nitrogens with zero attached hydrogens (tertiary/aromatic N) is 2. The Morgan fingerprint density at radius 2 is 1.88 bits per heavy atom. The Balaban J connectivity index is 1.83. The van der Waals surface area contributed by atoms with Crippen molar-refractivity contribution in [2.24, 2.45) is 5.73 Å². The van der Waals surface area contributed by atoms with Crippen LogP contribution in [-0.2, 0) is 4.79 Å². The van der Waals surface area contributed by atoms with E-state index >= 15 is 0 Å². The smallest absolute Gasteiger partial charge is 0.273 e. The normalized spacial score (nSPS) is 14.6. The number of benzene rings is 1. The Labute approximate surface area is 206 Å². The van der Waals surface area contributed by atoms with E-state index in [1.807, 2.05) is 49.6 Å². The van der Waals surface area contributed by atoms with Crippen LogP contribution in [0.2, 0.25) is 0 Å². The van der Waals surface area contributed by atoms with Crippen LogP contribution < -0.4 is 21.7 Å². The zero-order valence-electron chi connectivity index (χ0n) is 19.0. The van der Waals surface area contributed by atoms with Gasteiger partial charge in [-0.3, -0.25) is 19.3 Å². The summed E-state index contributed by atoms with van der Waals surface area (Å²) in [6.45, 7) is 3.93. The van der Waals surface area contributed by atoms with E-state index in [-0.39, 0.29) is 28.2 Å². The lowest BCUT2D eigenvalue weighted by Crippen LogP contribution is -2.46. The lowest BCUT2D eigenvalue weighted by Gasteiger charge is -2.31. The number of nitrogens with two attached hydrogens (primary N) is 2. The van der Waals surface area contributed by atoms with Gasteiger partial charge < -0.3 is 16.8 Å². The number of aryl methyl sites for hydroxylation is 2. The molecule has 1 aromatic carbocycles. The maximum absolute atomic E-state index is 14.0. The van der Waals surface area contributed by atoms with Crippen molar-refractivity contribution >= 4 is 52.0 Å². The van der Waals surface area contributed by atoms with Gasteiger partial charge in [0.1, 0.15) is 4.88 Å². The Morgan fingerprint density at radius 3 is 2.47 bits per heavy atom. The van der Waals surface area contributed by atoms with Gasteiger partial charge in [-0.05, 0) is 72.9 Å². The average molecular weight is 498 g/mol. The average Bonchev–Trinajstić information content (AvgIpc) is 3.56. The van der Waals surface area contributed by atoms with Gasteiger partial charge in [-0.25, -0.2) is 0 Å². The lowest BCUT2D eigenvalue weighted by atomic mass is 10.1. The number of rotatable bonds is 7. The van der Waals surface area contributed by atoms with E-state index in [4.69, 9.17) is 11.5 Å². The Bertz CT molecular complexity index is 1220. The molecule has 0 saturated heterocycles. The monoisotopic (exact) mass is 497 g/mol. The Kier molecular flexibility index (Phi) is 6.99. The molecule has 1 atom stereocenters. The number of aromatic nitrogens is 1. The van der Waals surface area contributed by atoms with Gasteiger partial charge in [-0.15, -0.1) is 11.3 Å². The minimum Gasteiger partial charge on any atom is -0.395 e. The minimum absolute atomic E-state index is 0.0715. The van der Waals surface area contributed by atoms with Crippen molar-refractivity contribution in [1.29, 1.82) is 0 Å². The number of amides is 3. The second-order valence-corrected chi connectivity index (χ2v) is 10.2. The molecular weight excluding hydrogens is 470 g/mol. The highest BCUT2D eigenvalue weighted by atomic mass is 32.1. The van der Waals surface area contributed by atoms with E-state index in [1.165, 1.54) is 16.2 Å². The lowest BCUT2D eigenvalue weighted by molar-refractivity contribution is -0.123. The summed E-state index contributed by atoms with van der Waals surface area (Å²) in [6, 6.07) is 8.48. The number of primary amides is 1. The molecule has 178 valence electrons. The van der Waals surface area contributed by atoms with Gasteiger partial charge in [0.05, 0.1) is 5.69 Å². The van der Waals surface area contributed by atoms with Crippen molar-refractivity contribution in [3.05, 3.63) is 62.3 Å². The first kappa shape index (κ1) is 23.9. The first-order valence-corrected chi connectivity index (χ1v) is 12.7. The highest BCUT2D eigenvalue weighted by Gasteiger charge is 2.37. The van der Waals surface area contributed by atoms with Crippen LogP contribution in [0.1, 0.15) is 67.9 Å². The van der Waals surface area contributed by atoms with Gasteiger partial charge in [0, 0.05) is 16.6 Å². The van der Waals surface area contributed by atoms with Crippen LogP contribution in [0.5, 0.6) is 0 Å². The first-order chi connectivity index (χ1) is 16.3. The summed E-state index contributed by atoms with van der Waals surface area (Å²) >= 11 is 2.21. The molecule has 1 aliphatic carbocycles. The fourth-order valence-corrected chi connectivity index (χ4v) is 5.72. The zero-order chi connectivity index (χ0) is 24.4. The second kappa shape index (κ2) is 9.94. The molecule has 0 spiro atoms. The standard InChI is InChI=1S/C24H27N5O3S2/c1-13-9-10-16(12-14(13)2)29(24(32)21-18(25)19(22(26)30)28-34-21)20(17-8-5-11-33-17)23(31)27-15-6-3-4-7-15/h5,8-12,15,20H,3-4,6-7,25H2,1-2H3,(H2,26,30)(H,27,31)/t20-/m1/s1. The van der Waals surface area contributed by atoms with E-state index in [0.717, 1.165) is 53.2 Å². The van der Waals surface area contributed by atoms with Gasteiger partial charge >= 0.3 is 0 Å². The summed E-state index contributed by atoms with van der Waals surface area (Å²) in [7, 11) is 0. The number of nitrogens with one attached hydrogen (secondary N) is 1. The van der Waals surface area contributed by atoms with Crippen molar-refractivity contribution in [3.63, 3.8) is 0 Å². The maximum atomic E-state index is 14.0. The fraction of sp³-hybridized carbons (Fsp3) is 0.333. The SMILES string of the molecule is Cc1ccc(N(C(=O)c2snc(C(N)=O)c2N)[C@@H](C(=O)NC2CCCC2)c2cccs2)cc1C. The molecule has 0 bridgehead atoms. The molecule has 2 aromatic heterocycles. The van der Waals surface area contributed by atoms with Gasteiger partial charge in [0.15, 0.2) is 11.7 Å². The molecule has 0 radical (unpaired) electrons. The largest absolute Gasteiger partial charge is 0.395 e. The molecule has 1 saturated carbocycles. The van der Waals surface area contributed by atoms with Crippen LogP contribution in [0, 0.1) is 13.8 Å². The number of anilines is 2. The van der Waals surface area contributed by atoms with Crippen LogP contribution in [0.25, 0.3) is 0 Å². The first-order valence-electron chi connectivity index (χ1n) is 11.1. The molecule has 1 fully saturated rings. The van der Waals surface area contributed by atoms with Crippen LogP contribution in [0.3, 0.4) is 0 Å². The number of carbonyl (C=O) groups is 3. The van der Waals surface area contributed by atoms with E-state index < -0.39 is 17.9 Å². The molecule has 4 rings (SSSR count). The molecule has 3 aromatic rings. The Hall–Kier alpha value is -3.24. The van der Waals surface area contributed by atoms with E-state index in [1.54, 1.807) is 0 Å². The summed E-state index contributed by atoms with van der Waals surface area (Å²) in [5, 5.41) is 5.02. The highest BCUT2D eigenvalue weighted by molar-refractivity contribution is 7.10. The predicted octanol–water partition coefficient (Wildman–Crippen LogP) is 3.95. The molecule has 5 N–H and O–H groups in total. The van der Waals surface area contributed by atoms with Crippen molar-refractivity contribution < 1.29 is 14.4 Å². The van der Waals surface area contributed by atoms with Crippen molar-refractivity contribution in [2.45, 2.75) is 51.6 Å². The molecule has 0 aliphatic heterocycles. The molecular formula is C24H27N5O3S2. The number of thiophene rings is 1. The van der Waals surface area contributed by atoms with Crippen LogP contribution in [0.4, 0.5) is 11.4 Å².